The first kappa shape index (κ1) is 33.7. The Bertz CT molecular complexity index is 1400. The van der Waals surface area contributed by atoms with Crippen LogP contribution < -0.4 is 25.2 Å². The number of nitrogens with one attached hydrogen (secondary N) is 2. The number of hydrogen-bond donors (Lipinski definition) is 2. The molecule has 3 aliphatic rings. The van der Waals surface area contributed by atoms with Crippen molar-refractivity contribution >= 4 is 35.0 Å². The van der Waals surface area contributed by atoms with Gasteiger partial charge in [-0.15, -0.1) is 0 Å². The van der Waals surface area contributed by atoms with Crippen molar-refractivity contribution in [2.75, 3.05) is 55.5 Å². The van der Waals surface area contributed by atoms with Gasteiger partial charge in [0.2, 0.25) is 5.95 Å². The summed E-state index contributed by atoms with van der Waals surface area (Å²) in [6, 6.07) is 2.23. The Morgan fingerprint density at radius 2 is 1.89 bits per heavy atom. The summed E-state index contributed by atoms with van der Waals surface area (Å²) in [4.78, 5) is 39.3. The van der Waals surface area contributed by atoms with Crippen LogP contribution in [0.1, 0.15) is 82.0 Å². The lowest BCUT2D eigenvalue weighted by atomic mass is 10.0. The standard InChI is InChI=1S/C33H46F3N7O3/c1-5-21(2)9-8-14-42-15-12-22(13-16-42)38-30(44)24-17-28(46-4)26(18-25(24)34)39-32-37-19-27-29(40-32)43(23-10-6-7-11-23)20-33(35,36)31(45)41(27)3/h17-19,21-23H,5-16,20H2,1-4H3,(H,38,44)(H,37,39,40). The van der Waals surface area contributed by atoms with Gasteiger partial charge in [0.1, 0.15) is 17.3 Å². The number of piperidine rings is 1. The summed E-state index contributed by atoms with van der Waals surface area (Å²) in [5.74, 6) is -5.05. The molecule has 1 saturated heterocycles. The van der Waals surface area contributed by atoms with Crippen molar-refractivity contribution in [2.45, 2.75) is 89.6 Å². The average Bonchev–Trinajstić information content (AvgIpc) is 3.56. The number of halogens is 3. The van der Waals surface area contributed by atoms with Gasteiger partial charge in [0.15, 0.2) is 5.82 Å². The number of carbonyl (C=O) groups is 2. The van der Waals surface area contributed by atoms with Crippen molar-refractivity contribution in [3.63, 3.8) is 0 Å². The van der Waals surface area contributed by atoms with Gasteiger partial charge in [-0.2, -0.15) is 13.8 Å². The first-order valence-corrected chi connectivity index (χ1v) is 16.5. The molecule has 1 atom stereocenters. The van der Waals surface area contributed by atoms with Gasteiger partial charge in [0, 0.05) is 38.3 Å². The third kappa shape index (κ3) is 7.50. The largest absolute Gasteiger partial charge is 0.495 e. The molecule has 2 N–H and O–H groups in total. The van der Waals surface area contributed by atoms with Gasteiger partial charge in [0.25, 0.3) is 11.8 Å². The number of alkyl halides is 2. The number of aromatic nitrogens is 2. The third-order valence-electron chi connectivity index (χ3n) is 9.71. The van der Waals surface area contributed by atoms with E-state index in [1.54, 1.807) is 0 Å². The molecule has 1 unspecified atom stereocenters. The lowest BCUT2D eigenvalue weighted by Gasteiger charge is -2.32. The highest BCUT2D eigenvalue weighted by molar-refractivity contribution is 6.02. The molecule has 0 bridgehead atoms. The Morgan fingerprint density at radius 1 is 1.17 bits per heavy atom. The van der Waals surface area contributed by atoms with Crippen LogP contribution in [0.25, 0.3) is 0 Å². The fraction of sp³-hybridized carbons (Fsp3) is 0.636. The first-order valence-electron chi connectivity index (χ1n) is 16.5. The molecule has 0 spiro atoms. The summed E-state index contributed by atoms with van der Waals surface area (Å²) in [6.45, 7) is 6.54. The van der Waals surface area contributed by atoms with Crippen molar-refractivity contribution in [1.82, 2.24) is 20.2 Å². The molecule has 1 aliphatic carbocycles. The van der Waals surface area contributed by atoms with Gasteiger partial charge < -0.3 is 30.1 Å². The van der Waals surface area contributed by atoms with E-state index >= 15 is 4.39 Å². The van der Waals surface area contributed by atoms with Crippen molar-refractivity contribution in [1.29, 1.82) is 0 Å². The minimum absolute atomic E-state index is 0.0126. The lowest BCUT2D eigenvalue weighted by molar-refractivity contribution is -0.140. The number of fused-ring (bicyclic) bond motifs is 1. The van der Waals surface area contributed by atoms with Gasteiger partial charge in [0.05, 0.1) is 31.1 Å². The SMILES string of the molecule is CCC(C)CCCN1CCC(NC(=O)c2cc(OC)c(Nc3ncc4c(n3)N(C3CCCC3)CC(F)(F)C(=O)N4C)cc2F)CC1. The maximum absolute atomic E-state index is 15.4. The molecule has 5 rings (SSSR count). The van der Waals surface area contributed by atoms with E-state index in [0.29, 0.717) is 12.8 Å². The smallest absolute Gasteiger partial charge is 0.342 e. The molecule has 2 amide bonds. The lowest BCUT2D eigenvalue weighted by Crippen LogP contribution is -2.48. The van der Waals surface area contributed by atoms with E-state index in [4.69, 9.17) is 4.74 Å². The number of rotatable bonds is 11. The van der Waals surface area contributed by atoms with Gasteiger partial charge in [-0.3, -0.25) is 9.59 Å². The van der Waals surface area contributed by atoms with Crippen LogP contribution in [-0.2, 0) is 4.79 Å². The molecule has 2 fully saturated rings. The minimum Gasteiger partial charge on any atom is -0.495 e. The summed E-state index contributed by atoms with van der Waals surface area (Å²) in [6.07, 6.45) is 9.70. The maximum atomic E-state index is 15.4. The van der Waals surface area contributed by atoms with E-state index in [0.717, 1.165) is 62.2 Å². The Balaban J connectivity index is 1.28. The van der Waals surface area contributed by atoms with Crippen molar-refractivity contribution in [3.8, 4) is 5.75 Å². The van der Waals surface area contributed by atoms with Crippen LogP contribution >= 0.6 is 0 Å². The predicted molar refractivity (Wildman–Crippen MR) is 172 cm³/mol. The molecule has 3 heterocycles. The quantitative estimate of drug-likeness (QED) is 0.319. The van der Waals surface area contributed by atoms with E-state index in [2.05, 4.69) is 39.3 Å². The number of anilines is 4. The van der Waals surface area contributed by atoms with Gasteiger partial charge in [-0.25, -0.2) is 9.37 Å². The maximum Gasteiger partial charge on any atom is 0.342 e. The Hall–Kier alpha value is -3.61. The number of carbonyl (C=O) groups excluding carboxylic acids is 2. The molecular weight excluding hydrogens is 599 g/mol. The second kappa shape index (κ2) is 14.4. The molecule has 2 aliphatic heterocycles. The van der Waals surface area contributed by atoms with Gasteiger partial charge in [-0.1, -0.05) is 33.1 Å². The molecule has 10 nitrogen and oxygen atoms in total. The number of amides is 2. The highest BCUT2D eigenvalue weighted by Gasteiger charge is 2.48. The first-order chi connectivity index (χ1) is 22.0. The Labute approximate surface area is 269 Å². The van der Waals surface area contributed by atoms with E-state index in [1.807, 2.05) is 0 Å². The zero-order chi connectivity index (χ0) is 33.0. The minimum atomic E-state index is -3.60. The number of ether oxygens (including phenoxy) is 1. The summed E-state index contributed by atoms with van der Waals surface area (Å²) in [5, 5.41) is 5.91. The molecule has 1 aromatic carbocycles. The molecule has 13 heteroatoms. The molecule has 46 heavy (non-hydrogen) atoms. The topological polar surface area (TPSA) is 103 Å². The molecule has 1 aromatic heterocycles. The molecule has 2 aromatic rings. The summed E-state index contributed by atoms with van der Waals surface area (Å²) < 4.78 is 50.7. The number of benzene rings is 1. The van der Waals surface area contributed by atoms with E-state index in [9.17, 15) is 18.4 Å². The third-order valence-corrected chi connectivity index (χ3v) is 9.71. The summed E-state index contributed by atoms with van der Waals surface area (Å²) in [5.41, 5.74) is 0.190. The van der Waals surface area contributed by atoms with Crippen molar-refractivity contribution < 1.29 is 27.5 Å². The van der Waals surface area contributed by atoms with Crippen LogP contribution in [0.2, 0.25) is 0 Å². The zero-order valence-corrected chi connectivity index (χ0v) is 27.3. The molecule has 0 radical (unpaired) electrons. The fourth-order valence-electron chi connectivity index (χ4n) is 6.65. The number of likely N-dealkylation sites (tertiary alicyclic amines) is 1. The molecular formula is C33H46F3N7O3. The van der Waals surface area contributed by atoms with Crippen molar-refractivity contribution in [3.05, 3.63) is 29.7 Å². The number of nitrogens with zero attached hydrogens (tertiary/aromatic N) is 5. The van der Waals surface area contributed by atoms with Crippen LogP contribution in [0.15, 0.2) is 18.3 Å². The van der Waals surface area contributed by atoms with E-state index in [1.165, 1.54) is 50.6 Å². The number of methoxy groups -OCH3 is 1. The monoisotopic (exact) mass is 645 g/mol. The highest BCUT2D eigenvalue weighted by Crippen LogP contribution is 2.40. The Kier molecular flexibility index (Phi) is 10.6. The van der Waals surface area contributed by atoms with Crippen LogP contribution in [0.5, 0.6) is 5.75 Å². The fourth-order valence-corrected chi connectivity index (χ4v) is 6.65. The highest BCUT2D eigenvalue weighted by atomic mass is 19.3. The zero-order valence-electron chi connectivity index (χ0n) is 27.3. The average molecular weight is 646 g/mol. The van der Waals surface area contributed by atoms with E-state index in [-0.39, 0.29) is 46.5 Å². The van der Waals surface area contributed by atoms with Crippen LogP contribution in [-0.4, -0.2) is 85.0 Å². The van der Waals surface area contributed by atoms with Crippen LogP contribution in [0, 0.1) is 11.7 Å². The summed E-state index contributed by atoms with van der Waals surface area (Å²) in [7, 11) is 2.68. The van der Waals surface area contributed by atoms with Gasteiger partial charge >= 0.3 is 5.92 Å². The second-order valence-electron chi connectivity index (χ2n) is 12.9. The Morgan fingerprint density at radius 3 is 2.57 bits per heavy atom. The summed E-state index contributed by atoms with van der Waals surface area (Å²) >= 11 is 0. The van der Waals surface area contributed by atoms with E-state index < -0.39 is 30.1 Å². The second-order valence-corrected chi connectivity index (χ2v) is 12.9. The number of hydrogen-bond acceptors (Lipinski definition) is 8. The normalized spacial score (nSPS) is 19.9. The van der Waals surface area contributed by atoms with Crippen LogP contribution in [0.4, 0.5) is 36.3 Å². The molecule has 1 saturated carbocycles. The predicted octanol–water partition coefficient (Wildman–Crippen LogP) is 5.75. The van der Waals surface area contributed by atoms with Crippen molar-refractivity contribution in [2.24, 2.45) is 5.92 Å². The van der Waals surface area contributed by atoms with Crippen LogP contribution in [0.3, 0.4) is 0 Å². The molecule has 252 valence electrons. The van der Waals surface area contributed by atoms with Gasteiger partial charge in [-0.05, 0) is 57.1 Å².